The number of para-hydroxylation sites is 1. The van der Waals surface area contributed by atoms with Gasteiger partial charge >= 0.3 is 0 Å². The van der Waals surface area contributed by atoms with Gasteiger partial charge in [-0.1, -0.05) is 85.3 Å². The lowest BCUT2D eigenvalue weighted by Crippen LogP contribution is -2.21. The van der Waals surface area contributed by atoms with E-state index in [0.29, 0.717) is 11.8 Å². The molecule has 3 atom stereocenters. The SMILES string of the molecule is C=C/C(C)=C\N1Oc2ccccc2Cc2ccc(-c3ccc4c(c3)OC(C)C4C3=C(C)C=CC(C)C3)cc21. The zero-order valence-corrected chi connectivity index (χ0v) is 22.7. The van der Waals surface area contributed by atoms with Crippen molar-refractivity contribution in [2.75, 3.05) is 5.06 Å². The lowest BCUT2D eigenvalue weighted by molar-refractivity contribution is 0.235. The van der Waals surface area contributed by atoms with Crippen molar-refractivity contribution in [3.63, 3.8) is 0 Å². The summed E-state index contributed by atoms with van der Waals surface area (Å²) < 4.78 is 6.47. The summed E-state index contributed by atoms with van der Waals surface area (Å²) in [5.74, 6) is 2.76. The third-order valence-electron chi connectivity index (χ3n) is 8.08. The molecule has 192 valence electrons. The maximum atomic E-state index is 6.47. The molecule has 2 heterocycles. The summed E-state index contributed by atoms with van der Waals surface area (Å²) in [4.78, 5) is 6.41. The molecule has 0 saturated carbocycles. The normalized spacial score (nSPS) is 22.2. The average Bonchev–Trinajstić information content (AvgIpc) is 3.16. The zero-order chi connectivity index (χ0) is 26.4. The van der Waals surface area contributed by atoms with Gasteiger partial charge in [-0.3, -0.25) is 0 Å². The first-order chi connectivity index (χ1) is 18.4. The Bertz CT molecular complexity index is 1510. The van der Waals surface area contributed by atoms with E-state index in [1.807, 2.05) is 36.4 Å². The van der Waals surface area contributed by atoms with Gasteiger partial charge in [0, 0.05) is 29.7 Å². The van der Waals surface area contributed by atoms with Crippen molar-refractivity contribution in [1.82, 2.24) is 0 Å². The highest BCUT2D eigenvalue weighted by Crippen LogP contribution is 2.48. The van der Waals surface area contributed by atoms with Crippen LogP contribution >= 0.6 is 0 Å². The maximum Gasteiger partial charge on any atom is 0.159 e. The molecule has 3 unspecified atom stereocenters. The van der Waals surface area contributed by atoms with Gasteiger partial charge < -0.3 is 9.57 Å². The molecule has 3 heteroatoms. The zero-order valence-electron chi connectivity index (χ0n) is 22.7. The Morgan fingerprint density at radius 3 is 2.61 bits per heavy atom. The number of ether oxygens (including phenoxy) is 1. The number of benzene rings is 3. The molecule has 38 heavy (non-hydrogen) atoms. The van der Waals surface area contributed by atoms with E-state index in [1.165, 1.54) is 27.8 Å². The highest BCUT2D eigenvalue weighted by Gasteiger charge is 2.35. The van der Waals surface area contributed by atoms with E-state index in [4.69, 9.17) is 9.57 Å². The fourth-order valence-corrected chi connectivity index (χ4v) is 5.96. The van der Waals surface area contributed by atoms with Crippen LogP contribution in [0.3, 0.4) is 0 Å². The molecule has 0 radical (unpaired) electrons. The molecule has 6 rings (SSSR count). The highest BCUT2D eigenvalue weighted by atomic mass is 16.7. The number of anilines is 1. The first-order valence-electron chi connectivity index (χ1n) is 13.6. The van der Waals surface area contributed by atoms with E-state index >= 15 is 0 Å². The van der Waals surface area contributed by atoms with Crippen LogP contribution in [0.4, 0.5) is 5.69 Å². The molecule has 3 aromatic rings. The van der Waals surface area contributed by atoms with E-state index in [2.05, 4.69) is 88.0 Å². The van der Waals surface area contributed by atoms with Crippen LogP contribution in [0.25, 0.3) is 11.1 Å². The summed E-state index contributed by atoms with van der Waals surface area (Å²) in [7, 11) is 0. The Morgan fingerprint density at radius 1 is 0.974 bits per heavy atom. The first kappa shape index (κ1) is 24.4. The largest absolute Gasteiger partial charge is 0.489 e. The second kappa shape index (κ2) is 9.72. The summed E-state index contributed by atoms with van der Waals surface area (Å²) >= 11 is 0. The first-order valence-corrected chi connectivity index (χ1v) is 13.6. The molecule has 2 aliphatic heterocycles. The van der Waals surface area contributed by atoms with Gasteiger partial charge in [0.15, 0.2) is 5.75 Å². The Kier molecular flexibility index (Phi) is 6.23. The van der Waals surface area contributed by atoms with Crippen molar-refractivity contribution in [2.24, 2.45) is 5.92 Å². The van der Waals surface area contributed by atoms with Crippen LogP contribution in [-0.4, -0.2) is 6.10 Å². The summed E-state index contributed by atoms with van der Waals surface area (Å²) in [6, 6.07) is 21.7. The standard InChI is InChI=1S/C35H35NO2/c1-6-22(2)21-36-32-19-26(13-14-28(32)18-29-9-7-8-10-33(29)38-36)27-15-16-30-34(20-27)37-25(5)35(30)31-17-23(3)11-12-24(31)4/h6-16,19-21,23,25,35H,1,17-18H2,2-5H3/b22-21-. The average molecular weight is 502 g/mol. The number of hydrogen-bond donors (Lipinski definition) is 0. The quantitative estimate of drug-likeness (QED) is 0.333. The highest BCUT2D eigenvalue weighted by molar-refractivity contribution is 5.74. The Balaban J connectivity index is 1.39. The van der Waals surface area contributed by atoms with Gasteiger partial charge in [0.25, 0.3) is 0 Å². The molecule has 0 amide bonds. The van der Waals surface area contributed by atoms with E-state index < -0.39 is 0 Å². The molecule has 0 fully saturated rings. The van der Waals surface area contributed by atoms with Crippen molar-refractivity contribution in [3.8, 4) is 22.6 Å². The minimum atomic E-state index is 0.130. The third kappa shape index (κ3) is 4.36. The number of hydrogen-bond acceptors (Lipinski definition) is 3. The summed E-state index contributed by atoms with van der Waals surface area (Å²) in [5, 5.41) is 1.89. The van der Waals surface area contributed by atoms with Crippen LogP contribution < -0.4 is 14.6 Å². The predicted molar refractivity (Wildman–Crippen MR) is 157 cm³/mol. The smallest absolute Gasteiger partial charge is 0.159 e. The maximum absolute atomic E-state index is 6.47. The van der Waals surface area contributed by atoms with Gasteiger partial charge in [-0.25, -0.2) is 0 Å². The molecular weight excluding hydrogens is 466 g/mol. The topological polar surface area (TPSA) is 21.7 Å². The molecule has 0 aromatic heterocycles. The molecule has 0 bridgehead atoms. The lowest BCUT2D eigenvalue weighted by atomic mass is 9.78. The second-order valence-electron chi connectivity index (χ2n) is 10.9. The van der Waals surface area contributed by atoms with Gasteiger partial charge in [0.1, 0.15) is 11.9 Å². The Labute approximate surface area is 226 Å². The van der Waals surface area contributed by atoms with Crippen molar-refractivity contribution < 1.29 is 9.57 Å². The summed E-state index contributed by atoms with van der Waals surface area (Å²) in [6.45, 7) is 12.7. The number of hydroxylamine groups is 1. The lowest BCUT2D eigenvalue weighted by Gasteiger charge is -2.25. The molecular formula is C35H35NO2. The van der Waals surface area contributed by atoms with E-state index in [1.54, 1.807) is 0 Å². The minimum Gasteiger partial charge on any atom is -0.489 e. The van der Waals surface area contributed by atoms with Crippen molar-refractivity contribution in [1.29, 1.82) is 0 Å². The number of rotatable bonds is 4. The third-order valence-corrected chi connectivity index (χ3v) is 8.08. The van der Waals surface area contributed by atoms with E-state index in [0.717, 1.165) is 46.7 Å². The Morgan fingerprint density at radius 2 is 1.76 bits per heavy atom. The van der Waals surface area contributed by atoms with Gasteiger partial charge in [-0.2, -0.15) is 5.06 Å². The molecule has 1 aliphatic carbocycles. The molecule has 3 aliphatic rings. The molecule has 0 N–H and O–H groups in total. The Hall–Kier alpha value is -3.98. The van der Waals surface area contributed by atoms with Crippen LogP contribution in [0.5, 0.6) is 11.5 Å². The summed E-state index contributed by atoms with van der Waals surface area (Å²) in [6.07, 6.45) is 10.5. The fourth-order valence-electron chi connectivity index (χ4n) is 5.96. The summed E-state index contributed by atoms with van der Waals surface area (Å²) in [5.41, 5.74) is 11.0. The van der Waals surface area contributed by atoms with E-state index in [9.17, 15) is 0 Å². The molecule has 3 nitrogen and oxygen atoms in total. The van der Waals surface area contributed by atoms with Crippen LogP contribution in [-0.2, 0) is 6.42 Å². The predicted octanol–water partition coefficient (Wildman–Crippen LogP) is 8.93. The fraction of sp³-hybridized carbons (Fsp3) is 0.257. The molecule has 0 saturated heterocycles. The van der Waals surface area contributed by atoms with Crippen LogP contribution in [0.15, 0.2) is 108 Å². The van der Waals surface area contributed by atoms with Crippen LogP contribution in [0.2, 0.25) is 0 Å². The van der Waals surface area contributed by atoms with Gasteiger partial charge in [0.05, 0.1) is 5.69 Å². The molecule has 3 aromatic carbocycles. The van der Waals surface area contributed by atoms with Crippen molar-refractivity contribution in [2.45, 2.75) is 52.6 Å². The molecule has 0 spiro atoms. The van der Waals surface area contributed by atoms with Crippen molar-refractivity contribution in [3.05, 3.63) is 125 Å². The second-order valence-corrected chi connectivity index (χ2v) is 10.9. The van der Waals surface area contributed by atoms with Crippen LogP contribution in [0, 0.1) is 5.92 Å². The number of allylic oxidation sites excluding steroid dienone is 5. The monoisotopic (exact) mass is 501 g/mol. The van der Waals surface area contributed by atoms with Gasteiger partial charge in [-0.15, -0.1) is 0 Å². The number of fused-ring (bicyclic) bond motifs is 3. The van der Waals surface area contributed by atoms with Gasteiger partial charge in [0.2, 0.25) is 0 Å². The van der Waals surface area contributed by atoms with Gasteiger partial charge in [-0.05, 0) is 73.6 Å². The number of nitrogens with zero attached hydrogens (tertiary/aromatic N) is 1. The van der Waals surface area contributed by atoms with E-state index in [-0.39, 0.29) is 6.10 Å². The minimum absolute atomic E-state index is 0.130. The van der Waals surface area contributed by atoms with Crippen molar-refractivity contribution >= 4 is 5.69 Å². The van der Waals surface area contributed by atoms with Crippen LogP contribution in [0.1, 0.15) is 56.7 Å².